The first-order chi connectivity index (χ1) is 15.0. The molecule has 3 heterocycles. The number of nitrogens with one attached hydrogen (secondary N) is 1. The Hall–Kier alpha value is -2.22. The highest BCUT2D eigenvalue weighted by Gasteiger charge is 2.32. The lowest BCUT2D eigenvalue weighted by atomic mass is 9.95. The zero-order valence-corrected chi connectivity index (χ0v) is 18.5. The fourth-order valence-corrected chi connectivity index (χ4v) is 6.74. The van der Waals surface area contributed by atoms with Crippen LogP contribution in [0.2, 0.25) is 0 Å². The Balaban J connectivity index is 1.27. The maximum Gasteiger partial charge on any atom is 0.243 e. The van der Waals surface area contributed by atoms with Gasteiger partial charge in [0.2, 0.25) is 15.9 Å². The lowest BCUT2D eigenvalue weighted by Crippen LogP contribution is -2.44. The molecule has 0 aliphatic carbocycles. The molecule has 1 saturated heterocycles. The number of fused-ring (bicyclic) bond motifs is 2. The largest absolute Gasteiger partial charge is 0.326 e. The van der Waals surface area contributed by atoms with Crippen molar-refractivity contribution in [1.82, 2.24) is 9.21 Å². The molecule has 164 valence electrons. The second-order valence-corrected chi connectivity index (χ2v) is 10.9. The topological polar surface area (TPSA) is 69.7 Å². The van der Waals surface area contributed by atoms with E-state index in [1.165, 1.54) is 11.1 Å². The molecule has 0 radical (unpaired) electrons. The Bertz CT molecular complexity index is 1100. The van der Waals surface area contributed by atoms with Gasteiger partial charge < -0.3 is 5.32 Å². The molecule has 2 aromatic rings. The summed E-state index contributed by atoms with van der Waals surface area (Å²) in [6, 6.07) is 13.7. The average Bonchev–Trinajstić information content (AvgIpc) is 2.79. The van der Waals surface area contributed by atoms with Crippen molar-refractivity contribution in [1.29, 1.82) is 0 Å². The SMILES string of the molecule is O=C1CCc2cc(S(=O)(=O)N3CCCC(CN4CCc5ccccc5C4)C3)ccc2N1. The minimum atomic E-state index is -3.53. The molecule has 1 atom stereocenters. The number of hydrogen-bond acceptors (Lipinski definition) is 4. The van der Waals surface area contributed by atoms with Crippen LogP contribution >= 0.6 is 0 Å². The molecule has 0 saturated carbocycles. The average molecular weight is 440 g/mol. The van der Waals surface area contributed by atoms with Gasteiger partial charge in [-0.2, -0.15) is 4.31 Å². The van der Waals surface area contributed by atoms with E-state index in [0.29, 0.717) is 36.7 Å². The molecule has 6 nitrogen and oxygen atoms in total. The van der Waals surface area contributed by atoms with Crippen molar-refractivity contribution in [3.8, 4) is 0 Å². The third-order valence-corrected chi connectivity index (χ3v) is 8.68. The highest BCUT2D eigenvalue weighted by molar-refractivity contribution is 7.89. The number of anilines is 1. The van der Waals surface area contributed by atoms with E-state index in [4.69, 9.17) is 0 Å². The number of carbonyl (C=O) groups excluding carboxylic acids is 1. The van der Waals surface area contributed by atoms with Crippen LogP contribution in [0.5, 0.6) is 0 Å². The summed E-state index contributed by atoms with van der Waals surface area (Å²) in [6.07, 6.45) is 4.02. The molecule has 7 heteroatoms. The number of piperidine rings is 1. The highest BCUT2D eigenvalue weighted by Crippen LogP contribution is 2.30. The van der Waals surface area contributed by atoms with E-state index < -0.39 is 10.0 Å². The molecule has 1 amide bonds. The van der Waals surface area contributed by atoms with E-state index in [1.807, 2.05) is 0 Å². The van der Waals surface area contributed by atoms with Crippen molar-refractivity contribution in [2.24, 2.45) is 5.92 Å². The van der Waals surface area contributed by atoms with Gasteiger partial charge in [-0.15, -0.1) is 0 Å². The van der Waals surface area contributed by atoms with Crippen LogP contribution in [-0.2, 0) is 34.2 Å². The molecule has 0 spiro atoms. The van der Waals surface area contributed by atoms with Crippen molar-refractivity contribution in [2.75, 3.05) is 31.5 Å². The summed E-state index contributed by atoms with van der Waals surface area (Å²) >= 11 is 0. The second kappa shape index (κ2) is 8.37. The first kappa shape index (κ1) is 20.7. The molecule has 31 heavy (non-hydrogen) atoms. The summed E-state index contributed by atoms with van der Waals surface area (Å²) in [5.41, 5.74) is 4.48. The van der Waals surface area contributed by atoms with Crippen LogP contribution in [0.4, 0.5) is 5.69 Å². The number of amides is 1. The van der Waals surface area contributed by atoms with Gasteiger partial charge in [0.25, 0.3) is 0 Å². The Kier molecular flexibility index (Phi) is 5.58. The minimum Gasteiger partial charge on any atom is -0.326 e. The van der Waals surface area contributed by atoms with Gasteiger partial charge in [-0.3, -0.25) is 9.69 Å². The predicted molar refractivity (Wildman–Crippen MR) is 120 cm³/mol. The molecule has 0 aromatic heterocycles. The number of aryl methyl sites for hydroxylation is 1. The number of benzene rings is 2. The van der Waals surface area contributed by atoms with Gasteiger partial charge in [-0.25, -0.2) is 8.42 Å². The molecule has 1 unspecified atom stereocenters. The lowest BCUT2D eigenvalue weighted by Gasteiger charge is -2.36. The van der Waals surface area contributed by atoms with E-state index in [-0.39, 0.29) is 5.91 Å². The van der Waals surface area contributed by atoms with Crippen molar-refractivity contribution < 1.29 is 13.2 Å². The van der Waals surface area contributed by atoms with Gasteiger partial charge >= 0.3 is 0 Å². The van der Waals surface area contributed by atoms with Gasteiger partial charge in [0.15, 0.2) is 0 Å². The Morgan fingerprint density at radius 3 is 2.68 bits per heavy atom. The molecule has 1 N–H and O–H groups in total. The fourth-order valence-electron chi connectivity index (χ4n) is 5.14. The Morgan fingerprint density at radius 1 is 0.968 bits per heavy atom. The van der Waals surface area contributed by atoms with Crippen LogP contribution in [0.1, 0.15) is 36.0 Å². The Labute approximate surface area is 184 Å². The normalized spacial score (nSPS) is 22.5. The van der Waals surface area contributed by atoms with Crippen molar-refractivity contribution in [3.05, 3.63) is 59.2 Å². The number of hydrogen-bond donors (Lipinski definition) is 1. The molecule has 5 rings (SSSR count). The van der Waals surface area contributed by atoms with Crippen LogP contribution in [-0.4, -0.2) is 49.7 Å². The number of sulfonamides is 1. The quantitative estimate of drug-likeness (QED) is 0.795. The molecular formula is C24H29N3O3S. The fraction of sp³-hybridized carbons (Fsp3) is 0.458. The molecule has 2 aromatic carbocycles. The molecule has 3 aliphatic rings. The second-order valence-electron chi connectivity index (χ2n) is 8.99. The summed E-state index contributed by atoms with van der Waals surface area (Å²) in [5, 5.41) is 2.82. The highest BCUT2D eigenvalue weighted by atomic mass is 32.2. The van der Waals surface area contributed by atoms with E-state index in [0.717, 1.165) is 50.1 Å². The van der Waals surface area contributed by atoms with Crippen molar-refractivity contribution in [2.45, 2.75) is 43.5 Å². The van der Waals surface area contributed by atoms with Crippen LogP contribution in [0.3, 0.4) is 0 Å². The third-order valence-electron chi connectivity index (χ3n) is 6.82. The molecular weight excluding hydrogens is 410 g/mol. The van der Waals surface area contributed by atoms with Crippen LogP contribution in [0, 0.1) is 5.92 Å². The Morgan fingerprint density at radius 2 is 1.81 bits per heavy atom. The van der Waals surface area contributed by atoms with Gasteiger partial charge in [-0.05, 0) is 66.5 Å². The number of rotatable bonds is 4. The van der Waals surface area contributed by atoms with Crippen LogP contribution in [0.25, 0.3) is 0 Å². The van der Waals surface area contributed by atoms with Crippen LogP contribution in [0.15, 0.2) is 47.4 Å². The molecule has 1 fully saturated rings. The van der Waals surface area contributed by atoms with Crippen molar-refractivity contribution >= 4 is 21.6 Å². The smallest absolute Gasteiger partial charge is 0.243 e. The van der Waals surface area contributed by atoms with E-state index >= 15 is 0 Å². The van der Waals surface area contributed by atoms with E-state index in [2.05, 4.69) is 34.5 Å². The van der Waals surface area contributed by atoms with Gasteiger partial charge in [0.05, 0.1) is 4.90 Å². The molecule has 3 aliphatic heterocycles. The summed E-state index contributed by atoms with van der Waals surface area (Å²) in [7, 11) is -3.53. The summed E-state index contributed by atoms with van der Waals surface area (Å²) in [4.78, 5) is 14.4. The van der Waals surface area contributed by atoms with Crippen LogP contribution < -0.4 is 5.32 Å². The molecule has 0 bridgehead atoms. The van der Waals surface area contributed by atoms with Gasteiger partial charge in [0.1, 0.15) is 0 Å². The van der Waals surface area contributed by atoms with Crippen molar-refractivity contribution in [3.63, 3.8) is 0 Å². The minimum absolute atomic E-state index is 0.0117. The standard InChI is InChI=1S/C24H29N3O3S/c28-24-10-7-20-14-22(8-9-23(20)25-24)31(29,30)27-12-3-4-18(16-27)15-26-13-11-19-5-1-2-6-21(19)17-26/h1-2,5-6,8-9,14,18H,3-4,7,10-13,15-17H2,(H,25,28). The summed E-state index contributed by atoms with van der Waals surface area (Å²) in [5.74, 6) is 0.341. The first-order valence-corrected chi connectivity index (χ1v) is 12.6. The number of nitrogens with zero attached hydrogens (tertiary/aromatic N) is 2. The summed E-state index contributed by atoms with van der Waals surface area (Å²) < 4.78 is 28.4. The first-order valence-electron chi connectivity index (χ1n) is 11.2. The maximum atomic E-state index is 13.4. The predicted octanol–water partition coefficient (Wildman–Crippen LogP) is 3.03. The van der Waals surface area contributed by atoms with Gasteiger partial charge in [-0.1, -0.05) is 24.3 Å². The monoisotopic (exact) mass is 439 g/mol. The van der Waals surface area contributed by atoms with Gasteiger partial charge in [0, 0.05) is 44.8 Å². The van der Waals surface area contributed by atoms with E-state index in [9.17, 15) is 13.2 Å². The van der Waals surface area contributed by atoms with E-state index in [1.54, 1.807) is 22.5 Å². The maximum absolute atomic E-state index is 13.4. The zero-order valence-electron chi connectivity index (χ0n) is 17.7. The zero-order chi connectivity index (χ0) is 21.4. The number of carbonyl (C=O) groups is 1. The third kappa shape index (κ3) is 4.27. The summed E-state index contributed by atoms with van der Waals surface area (Å²) in [6.45, 7) is 4.09. The lowest BCUT2D eigenvalue weighted by molar-refractivity contribution is -0.116.